The van der Waals surface area contributed by atoms with Crippen molar-refractivity contribution in [1.29, 1.82) is 0 Å². The normalized spacial score (nSPS) is 25.6. The van der Waals surface area contributed by atoms with Crippen molar-refractivity contribution in [3.63, 3.8) is 0 Å². The van der Waals surface area contributed by atoms with Gasteiger partial charge < -0.3 is 15.6 Å². The molecule has 0 radical (unpaired) electrons. The molecule has 1 aliphatic rings. The van der Waals surface area contributed by atoms with Gasteiger partial charge in [-0.1, -0.05) is 18.6 Å². The third kappa shape index (κ3) is 2.80. The van der Waals surface area contributed by atoms with Crippen LogP contribution in [0.2, 0.25) is 0 Å². The van der Waals surface area contributed by atoms with Crippen molar-refractivity contribution in [3.8, 4) is 5.75 Å². The van der Waals surface area contributed by atoms with E-state index in [1.807, 2.05) is 19.1 Å². The zero-order valence-corrected chi connectivity index (χ0v) is 12.2. The minimum absolute atomic E-state index is 0.00474. The molecule has 1 fully saturated rings. The summed E-state index contributed by atoms with van der Waals surface area (Å²) in [6.07, 6.45) is 3.02. The average molecular weight is 277 g/mol. The highest BCUT2D eigenvalue weighted by Crippen LogP contribution is 2.36. The number of rotatable bonds is 5. The maximum atomic E-state index is 11.3. The highest BCUT2D eigenvalue weighted by molar-refractivity contribution is 5.79. The first kappa shape index (κ1) is 14.9. The van der Waals surface area contributed by atoms with Gasteiger partial charge in [0, 0.05) is 0 Å². The van der Waals surface area contributed by atoms with Crippen molar-refractivity contribution in [3.05, 3.63) is 29.3 Å². The molecule has 1 aromatic carbocycles. The molecule has 1 saturated carbocycles. The van der Waals surface area contributed by atoms with Crippen molar-refractivity contribution in [2.24, 2.45) is 11.7 Å². The van der Waals surface area contributed by atoms with E-state index in [4.69, 9.17) is 10.5 Å². The summed E-state index contributed by atoms with van der Waals surface area (Å²) in [6, 6.07) is 5.97. The highest BCUT2D eigenvalue weighted by Gasteiger charge is 2.45. The van der Waals surface area contributed by atoms with Gasteiger partial charge in [-0.2, -0.15) is 0 Å². The monoisotopic (exact) mass is 277 g/mol. The van der Waals surface area contributed by atoms with Crippen LogP contribution < -0.4 is 10.5 Å². The Morgan fingerprint density at radius 3 is 2.95 bits per heavy atom. The van der Waals surface area contributed by atoms with Gasteiger partial charge in [-0.3, -0.25) is 4.79 Å². The SMILES string of the molecule is Cc1cccc(OCCC2CCCC2(N)C(=O)O)c1C. The van der Waals surface area contributed by atoms with Crippen LogP contribution in [0.25, 0.3) is 0 Å². The second-order valence-corrected chi connectivity index (χ2v) is 5.77. The van der Waals surface area contributed by atoms with Gasteiger partial charge in [0.25, 0.3) is 0 Å². The number of hydrogen-bond acceptors (Lipinski definition) is 3. The van der Waals surface area contributed by atoms with E-state index >= 15 is 0 Å². The van der Waals surface area contributed by atoms with Gasteiger partial charge in [-0.15, -0.1) is 0 Å². The first-order valence-corrected chi connectivity index (χ1v) is 7.16. The fourth-order valence-corrected chi connectivity index (χ4v) is 2.98. The summed E-state index contributed by atoms with van der Waals surface area (Å²) in [5.74, 6) is -0.00204. The summed E-state index contributed by atoms with van der Waals surface area (Å²) in [5.41, 5.74) is 7.29. The Bertz CT molecular complexity index is 500. The number of carboxylic acid groups (broad SMARTS) is 1. The predicted molar refractivity (Wildman–Crippen MR) is 77.9 cm³/mol. The summed E-state index contributed by atoms with van der Waals surface area (Å²) in [5, 5.41) is 9.27. The van der Waals surface area contributed by atoms with Crippen LogP contribution in [-0.2, 0) is 4.79 Å². The molecule has 1 aliphatic carbocycles. The van der Waals surface area contributed by atoms with Gasteiger partial charge in [-0.25, -0.2) is 0 Å². The molecule has 0 amide bonds. The lowest BCUT2D eigenvalue weighted by Crippen LogP contribution is -2.51. The van der Waals surface area contributed by atoms with Crippen LogP contribution in [0.1, 0.15) is 36.8 Å². The minimum Gasteiger partial charge on any atom is -0.493 e. The Hall–Kier alpha value is -1.55. The fourth-order valence-electron chi connectivity index (χ4n) is 2.98. The number of aryl methyl sites for hydroxylation is 1. The Morgan fingerprint density at radius 2 is 2.25 bits per heavy atom. The van der Waals surface area contributed by atoms with Crippen LogP contribution in [0.4, 0.5) is 0 Å². The van der Waals surface area contributed by atoms with E-state index in [9.17, 15) is 9.90 Å². The number of aliphatic carboxylic acids is 1. The van der Waals surface area contributed by atoms with Crippen molar-refractivity contribution in [2.75, 3.05) is 6.61 Å². The van der Waals surface area contributed by atoms with Gasteiger partial charge in [0.15, 0.2) is 0 Å². The van der Waals surface area contributed by atoms with E-state index in [1.165, 1.54) is 5.56 Å². The first-order valence-electron chi connectivity index (χ1n) is 7.16. The molecule has 0 bridgehead atoms. The molecule has 20 heavy (non-hydrogen) atoms. The molecule has 0 spiro atoms. The van der Waals surface area contributed by atoms with Crippen LogP contribution in [-0.4, -0.2) is 23.2 Å². The van der Waals surface area contributed by atoms with Gasteiger partial charge in [0.05, 0.1) is 6.61 Å². The molecule has 0 aliphatic heterocycles. The molecule has 3 N–H and O–H groups in total. The molecule has 2 atom stereocenters. The number of carboxylic acids is 1. The Morgan fingerprint density at radius 1 is 1.50 bits per heavy atom. The molecule has 0 saturated heterocycles. The topological polar surface area (TPSA) is 72.5 Å². The van der Waals surface area contributed by atoms with Gasteiger partial charge in [0.2, 0.25) is 0 Å². The lowest BCUT2D eigenvalue weighted by atomic mass is 9.86. The molecule has 2 unspecified atom stereocenters. The highest BCUT2D eigenvalue weighted by atomic mass is 16.5. The van der Waals surface area contributed by atoms with Crippen molar-refractivity contribution in [2.45, 2.75) is 45.1 Å². The van der Waals surface area contributed by atoms with Crippen molar-refractivity contribution >= 4 is 5.97 Å². The maximum absolute atomic E-state index is 11.3. The quantitative estimate of drug-likeness (QED) is 0.868. The van der Waals surface area contributed by atoms with Crippen LogP contribution in [0, 0.1) is 19.8 Å². The molecule has 1 aromatic rings. The standard InChI is InChI=1S/C16H23NO3/c1-11-5-3-7-14(12(11)2)20-10-8-13-6-4-9-16(13,17)15(18)19/h3,5,7,13H,4,6,8-10,17H2,1-2H3,(H,18,19). The maximum Gasteiger partial charge on any atom is 0.323 e. The summed E-state index contributed by atoms with van der Waals surface area (Å²) in [4.78, 5) is 11.3. The Labute approximate surface area is 119 Å². The third-order valence-electron chi connectivity index (χ3n) is 4.55. The van der Waals surface area contributed by atoms with Crippen molar-refractivity contribution < 1.29 is 14.6 Å². The summed E-state index contributed by atoms with van der Waals surface area (Å²) < 4.78 is 5.80. The molecular weight excluding hydrogens is 254 g/mol. The van der Waals surface area contributed by atoms with E-state index in [0.717, 1.165) is 24.2 Å². The molecular formula is C16H23NO3. The molecule has 4 nitrogen and oxygen atoms in total. The number of ether oxygens (including phenoxy) is 1. The largest absolute Gasteiger partial charge is 0.493 e. The fraction of sp³-hybridized carbons (Fsp3) is 0.562. The van der Waals surface area contributed by atoms with E-state index in [-0.39, 0.29) is 5.92 Å². The third-order valence-corrected chi connectivity index (χ3v) is 4.55. The van der Waals surface area contributed by atoms with Gasteiger partial charge >= 0.3 is 5.97 Å². The van der Waals surface area contributed by atoms with Crippen LogP contribution in [0.3, 0.4) is 0 Å². The lowest BCUT2D eigenvalue weighted by Gasteiger charge is -2.26. The number of benzene rings is 1. The molecule has 0 heterocycles. The number of carbonyl (C=O) groups is 1. The van der Waals surface area contributed by atoms with E-state index in [1.54, 1.807) is 0 Å². The van der Waals surface area contributed by atoms with Gasteiger partial charge in [0.1, 0.15) is 11.3 Å². The second-order valence-electron chi connectivity index (χ2n) is 5.77. The zero-order chi connectivity index (χ0) is 14.8. The van der Waals surface area contributed by atoms with E-state index < -0.39 is 11.5 Å². The van der Waals surface area contributed by atoms with Crippen LogP contribution >= 0.6 is 0 Å². The number of hydrogen-bond donors (Lipinski definition) is 2. The average Bonchev–Trinajstić information content (AvgIpc) is 2.78. The summed E-state index contributed by atoms with van der Waals surface area (Å²) in [7, 11) is 0. The number of nitrogens with two attached hydrogens (primary N) is 1. The smallest absolute Gasteiger partial charge is 0.323 e. The molecule has 2 rings (SSSR count). The first-order chi connectivity index (χ1) is 9.45. The summed E-state index contributed by atoms with van der Waals surface area (Å²) in [6.45, 7) is 4.60. The van der Waals surface area contributed by atoms with Crippen molar-refractivity contribution in [1.82, 2.24) is 0 Å². The second kappa shape index (κ2) is 5.83. The Balaban J connectivity index is 1.93. The molecule has 110 valence electrons. The molecule has 0 aromatic heterocycles. The minimum atomic E-state index is -1.06. The van der Waals surface area contributed by atoms with E-state index in [0.29, 0.717) is 19.4 Å². The van der Waals surface area contributed by atoms with E-state index in [2.05, 4.69) is 13.0 Å². The van der Waals surface area contributed by atoms with Crippen LogP contribution in [0.5, 0.6) is 5.75 Å². The van der Waals surface area contributed by atoms with Crippen LogP contribution in [0.15, 0.2) is 18.2 Å². The lowest BCUT2D eigenvalue weighted by molar-refractivity contribution is -0.144. The predicted octanol–water partition coefficient (Wildman–Crippen LogP) is 2.65. The Kier molecular flexibility index (Phi) is 4.33. The van der Waals surface area contributed by atoms with Gasteiger partial charge in [-0.05, 0) is 56.2 Å². The summed E-state index contributed by atoms with van der Waals surface area (Å²) >= 11 is 0. The zero-order valence-electron chi connectivity index (χ0n) is 12.2. The molecule has 4 heteroatoms.